The van der Waals surface area contributed by atoms with Gasteiger partial charge >= 0.3 is 0 Å². The second kappa shape index (κ2) is 10.6. The molecule has 1 amide bonds. The summed E-state index contributed by atoms with van der Waals surface area (Å²) in [4.78, 5) is 24.9. The summed E-state index contributed by atoms with van der Waals surface area (Å²) in [7, 11) is 0. The van der Waals surface area contributed by atoms with E-state index in [1.807, 2.05) is 43.3 Å². The number of thiazole rings is 1. The number of halogens is 1. The van der Waals surface area contributed by atoms with E-state index in [9.17, 15) is 9.18 Å². The Morgan fingerprint density at radius 2 is 2.00 bits per heavy atom. The lowest BCUT2D eigenvalue weighted by molar-refractivity contribution is -0.118. The monoisotopic (exact) mass is 467 g/mol. The van der Waals surface area contributed by atoms with E-state index < -0.39 is 0 Å². The normalized spacial score (nSPS) is 10.9. The third-order valence-corrected chi connectivity index (χ3v) is 6.69. The molecule has 0 fully saturated rings. The van der Waals surface area contributed by atoms with E-state index in [0.717, 1.165) is 26.6 Å². The molecule has 0 aliphatic carbocycles. The maximum atomic E-state index is 13.2. The van der Waals surface area contributed by atoms with Crippen LogP contribution >= 0.6 is 23.1 Å². The summed E-state index contributed by atoms with van der Waals surface area (Å²) in [6.07, 6.45) is 2.05. The van der Waals surface area contributed by atoms with Crippen LogP contribution in [0.15, 0.2) is 71.8 Å². The van der Waals surface area contributed by atoms with Crippen LogP contribution in [0, 0.1) is 5.82 Å². The molecule has 32 heavy (non-hydrogen) atoms. The lowest BCUT2D eigenvalue weighted by atomic mass is 10.3. The molecule has 0 radical (unpaired) electrons. The molecule has 0 atom stereocenters. The van der Waals surface area contributed by atoms with Crippen LogP contribution in [0.25, 0.3) is 10.2 Å². The average molecular weight is 468 g/mol. The number of anilines is 1. The van der Waals surface area contributed by atoms with Gasteiger partial charge in [-0.25, -0.2) is 9.37 Å². The molecule has 2 heterocycles. The lowest BCUT2D eigenvalue weighted by Gasteiger charge is -2.19. The number of thioether (sulfide) groups is 1. The first-order chi connectivity index (χ1) is 15.6. The second-order valence-electron chi connectivity index (χ2n) is 6.91. The maximum Gasteiger partial charge on any atom is 0.229 e. The molecular weight excluding hydrogens is 445 g/mol. The quantitative estimate of drug-likeness (QED) is 0.285. The highest BCUT2D eigenvalue weighted by molar-refractivity contribution is 7.99. The van der Waals surface area contributed by atoms with Crippen LogP contribution < -0.4 is 9.64 Å². The summed E-state index contributed by atoms with van der Waals surface area (Å²) in [6, 6.07) is 17.7. The molecular formula is C24H22FN3O2S2. The van der Waals surface area contributed by atoms with Crippen LogP contribution in [0.2, 0.25) is 0 Å². The van der Waals surface area contributed by atoms with Gasteiger partial charge in [0.15, 0.2) is 5.13 Å². The summed E-state index contributed by atoms with van der Waals surface area (Å²) in [5.41, 5.74) is 1.62. The number of benzene rings is 2. The third kappa shape index (κ3) is 5.63. The number of rotatable bonds is 9. The van der Waals surface area contributed by atoms with Crippen molar-refractivity contribution >= 4 is 44.4 Å². The number of pyridine rings is 1. The molecule has 0 aliphatic rings. The number of amides is 1. The van der Waals surface area contributed by atoms with Gasteiger partial charge in [0, 0.05) is 23.3 Å². The fourth-order valence-corrected chi connectivity index (χ4v) is 4.95. The highest BCUT2D eigenvalue weighted by atomic mass is 32.2. The van der Waals surface area contributed by atoms with Crippen LogP contribution in [-0.4, -0.2) is 28.2 Å². The van der Waals surface area contributed by atoms with Crippen molar-refractivity contribution in [3.05, 3.63) is 78.4 Å². The van der Waals surface area contributed by atoms with Gasteiger partial charge in [-0.3, -0.25) is 14.7 Å². The predicted octanol–water partition coefficient (Wildman–Crippen LogP) is 5.94. The van der Waals surface area contributed by atoms with Crippen molar-refractivity contribution in [2.75, 3.05) is 17.3 Å². The summed E-state index contributed by atoms with van der Waals surface area (Å²) in [5, 5.41) is 0.635. The van der Waals surface area contributed by atoms with Crippen LogP contribution in [0.3, 0.4) is 0 Å². The molecule has 0 aliphatic heterocycles. The lowest BCUT2D eigenvalue weighted by Crippen LogP contribution is -2.30. The molecule has 0 bridgehead atoms. The average Bonchev–Trinajstić information content (AvgIpc) is 3.22. The summed E-state index contributed by atoms with van der Waals surface area (Å²) in [5.74, 6) is 1.07. The molecule has 2 aromatic heterocycles. The van der Waals surface area contributed by atoms with Crippen LogP contribution in [0.5, 0.6) is 5.75 Å². The Morgan fingerprint density at radius 3 is 2.75 bits per heavy atom. The van der Waals surface area contributed by atoms with E-state index in [0.29, 0.717) is 30.5 Å². The molecule has 0 saturated heterocycles. The summed E-state index contributed by atoms with van der Waals surface area (Å²) < 4.78 is 19.7. The van der Waals surface area contributed by atoms with E-state index in [1.54, 1.807) is 23.2 Å². The van der Waals surface area contributed by atoms with Crippen LogP contribution in [0.1, 0.15) is 19.0 Å². The van der Waals surface area contributed by atoms with Gasteiger partial charge in [0.25, 0.3) is 0 Å². The Morgan fingerprint density at radius 1 is 1.16 bits per heavy atom. The molecule has 0 N–H and O–H groups in total. The highest BCUT2D eigenvalue weighted by Gasteiger charge is 2.21. The molecule has 8 heteroatoms. The van der Waals surface area contributed by atoms with Crippen molar-refractivity contribution in [2.24, 2.45) is 0 Å². The first-order valence-electron chi connectivity index (χ1n) is 10.2. The molecule has 0 saturated carbocycles. The van der Waals surface area contributed by atoms with Crippen molar-refractivity contribution in [1.82, 2.24) is 9.97 Å². The van der Waals surface area contributed by atoms with Gasteiger partial charge in [0.05, 0.1) is 29.1 Å². The SMILES string of the molecule is CCOc1ccc2nc(N(Cc3ccccn3)C(=O)CCSc3ccc(F)cc3)sc2c1. The Labute approximate surface area is 194 Å². The van der Waals surface area contributed by atoms with E-state index >= 15 is 0 Å². The number of fused-ring (bicyclic) bond motifs is 1. The van der Waals surface area contributed by atoms with Crippen LogP contribution in [0.4, 0.5) is 9.52 Å². The van der Waals surface area contributed by atoms with E-state index in [2.05, 4.69) is 4.98 Å². The zero-order valence-electron chi connectivity index (χ0n) is 17.5. The van der Waals surface area contributed by atoms with Gasteiger partial charge in [0.1, 0.15) is 11.6 Å². The largest absolute Gasteiger partial charge is 0.494 e. The first kappa shape index (κ1) is 22.2. The minimum absolute atomic E-state index is 0.0330. The van der Waals surface area contributed by atoms with Crippen molar-refractivity contribution in [3.63, 3.8) is 0 Å². The number of ether oxygens (including phenoxy) is 1. The Hall–Kier alpha value is -2.97. The molecule has 0 spiro atoms. The summed E-state index contributed by atoms with van der Waals surface area (Å²) >= 11 is 2.99. The van der Waals surface area contributed by atoms with Gasteiger partial charge in [0.2, 0.25) is 5.91 Å². The Bertz CT molecular complexity index is 1180. The third-order valence-electron chi connectivity index (χ3n) is 4.64. The number of hydrogen-bond donors (Lipinski definition) is 0. The zero-order chi connectivity index (χ0) is 22.3. The maximum absolute atomic E-state index is 13.2. The van der Waals surface area contributed by atoms with Crippen molar-refractivity contribution in [3.8, 4) is 5.75 Å². The van der Waals surface area contributed by atoms with Crippen molar-refractivity contribution in [1.29, 1.82) is 0 Å². The molecule has 164 valence electrons. The first-order valence-corrected chi connectivity index (χ1v) is 12.0. The molecule has 0 unspecified atom stereocenters. The number of aromatic nitrogens is 2. The number of hydrogen-bond acceptors (Lipinski definition) is 6. The molecule has 4 aromatic rings. The van der Waals surface area contributed by atoms with E-state index in [-0.39, 0.29) is 11.7 Å². The number of carbonyl (C=O) groups excluding carboxylic acids is 1. The van der Waals surface area contributed by atoms with Gasteiger partial charge in [-0.05, 0) is 61.5 Å². The van der Waals surface area contributed by atoms with E-state index in [1.165, 1.54) is 35.2 Å². The standard InChI is InChI=1S/C24H22FN3O2S2/c1-2-30-19-8-11-21-22(15-19)32-24(27-21)28(16-18-5-3-4-13-26-18)23(29)12-14-31-20-9-6-17(25)7-10-20/h3-11,13,15H,2,12,14,16H2,1H3. The minimum Gasteiger partial charge on any atom is -0.494 e. The fourth-order valence-electron chi connectivity index (χ4n) is 3.10. The van der Waals surface area contributed by atoms with Crippen molar-refractivity contribution < 1.29 is 13.9 Å². The van der Waals surface area contributed by atoms with Crippen LogP contribution in [-0.2, 0) is 11.3 Å². The zero-order valence-corrected chi connectivity index (χ0v) is 19.2. The van der Waals surface area contributed by atoms with Gasteiger partial charge in [-0.1, -0.05) is 17.4 Å². The molecule has 5 nitrogen and oxygen atoms in total. The topological polar surface area (TPSA) is 55.3 Å². The predicted molar refractivity (Wildman–Crippen MR) is 128 cm³/mol. The van der Waals surface area contributed by atoms with Crippen molar-refractivity contribution in [2.45, 2.75) is 24.8 Å². The fraction of sp³-hybridized carbons (Fsp3) is 0.208. The summed E-state index contributed by atoms with van der Waals surface area (Å²) in [6.45, 7) is 2.88. The molecule has 4 rings (SSSR count). The number of nitrogens with zero attached hydrogens (tertiary/aromatic N) is 3. The smallest absolute Gasteiger partial charge is 0.229 e. The Balaban J connectivity index is 1.53. The number of carbonyl (C=O) groups is 1. The second-order valence-corrected chi connectivity index (χ2v) is 9.09. The van der Waals surface area contributed by atoms with E-state index in [4.69, 9.17) is 9.72 Å². The highest BCUT2D eigenvalue weighted by Crippen LogP contribution is 2.33. The minimum atomic E-state index is -0.268. The molecule has 2 aromatic carbocycles. The Kier molecular flexibility index (Phi) is 7.34. The van der Waals surface area contributed by atoms with Gasteiger partial charge in [-0.15, -0.1) is 11.8 Å². The van der Waals surface area contributed by atoms with Gasteiger partial charge < -0.3 is 4.74 Å². The van der Waals surface area contributed by atoms with Gasteiger partial charge in [-0.2, -0.15) is 0 Å².